The molecule has 0 bridgehead atoms. The Kier molecular flexibility index (Phi) is 2.76. The average Bonchev–Trinajstić information content (AvgIpc) is 2.49. The van der Waals surface area contributed by atoms with E-state index in [0.29, 0.717) is 0 Å². The average molecular weight is 306 g/mol. The lowest BCUT2D eigenvalue weighted by Gasteiger charge is -2.46. The van der Waals surface area contributed by atoms with Crippen molar-refractivity contribution in [2.75, 3.05) is 0 Å². The van der Waals surface area contributed by atoms with Crippen LogP contribution in [0.2, 0.25) is 0 Å². The summed E-state index contributed by atoms with van der Waals surface area (Å²) in [4.78, 5) is 0. The fourth-order valence-corrected chi connectivity index (χ4v) is 3.20. The molecule has 3 aromatic carbocycles. The highest BCUT2D eigenvalue weighted by atomic mass is 16.6. The lowest BCUT2D eigenvalue weighted by atomic mass is 9.86. The molecular weight excluding hydrogens is 284 g/mol. The first kappa shape index (κ1) is 14.4. The van der Waals surface area contributed by atoms with Gasteiger partial charge in [0.15, 0.2) is 11.5 Å². The van der Waals surface area contributed by atoms with Gasteiger partial charge in [-0.25, -0.2) is 0 Å². The number of hydrogen-bond donors (Lipinski definition) is 0. The third-order valence-electron chi connectivity index (χ3n) is 5.25. The third kappa shape index (κ3) is 1.94. The summed E-state index contributed by atoms with van der Waals surface area (Å²) in [6.07, 6.45) is 0. The molecule has 0 fully saturated rings. The molecule has 0 radical (unpaired) electrons. The second kappa shape index (κ2) is 4.41. The van der Waals surface area contributed by atoms with E-state index in [0.717, 1.165) is 22.3 Å². The van der Waals surface area contributed by atoms with E-state index in [9.17, 15) is 0 Å². The molecule has 0 spiro atoms. The van der Waals surface area contributed by atoms with Gasteiger partial charge in [-0.2, -0.15) is 0 Å². The fraction of sp³-hybridized carbons (Fsp3) is 0.333. The summed E-state index contributed by atoms with van der Waals surface area (Å²) in [5.41, 5.74) is 0.445. The zero-order chi connectivity index (χ0) is 16.4. The lowest BCUT2D eigenvalue weighted by molar-refractivity contribution is -0.0968. The first-order chi connectivity index (χ1) is 10.8. The topological polar surface area (TPSA) is 18.5 Å². The minimum atomic E-state index is -0.403. The van der Waals surface area contributed by atoms with Crippen LogP contribution in [0.1, 0.15) is 33.3 Å². The molecule has 4 rings (SSSR count). The number of benzene rings is 3. The van der Waals surface area contributed by atoms with Crippen molar-refractivity contribution < 1.29 is 9.47 Å². The summed E-state index contributed by atoms with van der Waals surface area (Å²) in [7, 11) is 0. The van der Waals surface area contributed by atoms with E-state index in [1.54, 1.807) is 0 Å². The maximum Gasteiger partial charge on any atom is 0.170 e. The molecule has 0 amide bonds. The highest BCUT2D eigenvalue weighted by molar-refractivity contribution is 6.14. The van der Waals surface area contributed by atoms with Crippen molar-refractivity contribution in [1.82, 2.24) is 0 Å². The standard InChI is InChI=1S/C21H22O2/c1-13-10-11-16-17(12-13)14-8-6-7-9-15(14)18-19(16)23-21(4,5)20(2,3)22-18/h6-12H,1-5H3. The molecule has 1 aliphatic heterocycles. The van der Waals surface area contributed by atoms with Crippen molar-refractivity contribution in [3.05, 3.63) is 48.0 Å². The van der Waals surface area contributed by atoms with E-state index >= 15 is 0 Å². The van der Waals surface area contributed by atoms with E-state index in [-0.39, 0.29) is 0 Å². The predicted octanol–water partition coefficient (Wildman–Crippen LogP) is 5.63. The zero-order valence-electron chi connectivity index (χ0n) is 14.4. The van der Waals surface area contributed by atoms with Gasteiger partial charge in [0.05, 0.1) is 0 Å². The van der Waals surface area contributed by atoms with Gasteiger partial charge < -0.3 is 9.47 Å². The summed E-state index contributed by atoms with van der Waals surface area (Å²) in [6, 6.07) is 14.9. The normalized spacial score (nSPS) is 18.3. The Balaban J connectivity index is 2.18. The van der Waals surface area contributed by atoms with Crippen LogP contribution >= 0.6 is 0 Å². The molecule has 3 aromatic rings. The van der Waals surface area contributed by atoms with E-state index in [1.807, 2.05) is 0 Å². The third-order valence-corrected chi connectivity index (χ3v) is 5.25. The van der Waals surface area contributed by atoms with E-state index in [2.05, 4.69) is 77.1 Å². The van der Waals surface area contributed by atoms with Gasteiger partial charge in [-0.3, -0.25) is 0 Å². The maximum absolute atomic E-state index is 6.47. The molecule has 2 heteroatoms. The smallest absolute Gasteiger partial charge is 0.170 e. The Morgan fingerprint density at radius 2 is 1.17 bits per heavy atom. The molecule has 0 atom stereocenters. The monoisotopic (exact) mass is 306 g/mol. The van der Waals surface area contributed by atoms with Crippen molar-refractivity contribution in [2.45, 2.75) is 45.8 Å². The SMILES string of the molecule is Cc1ccc2c3c(c4ccccc4c2c1)OC(C)(C)C(C)(C)O3. The van der Waals surface area contributed by atoms with Crippen LogP contribution in [-0.2, 0) is 0 Å². The Morgan fingerprint density at radius 1 is 0.652 bits per heavy atom. The predicted molar refractivity (Wildman–Crippen MR) is 95.6 cm³/mol. The van der Waals surface area contributed by atoms with Crippen molar-refractivity contribution in [3.63, 3.8) is 0 Å². The van der Waals surface area contributed by atoms with Crippen molar-refractivity contribution in [2.24, 2.45) is 0 Å². The van der Waals surface area contributed by atoms with Crippen LogP contribution in [-0.4, -0.2) is 11.2 Å². The maximum atomic E-state index is 6.47. The minimum Gasteiger partial charge on any atom is -0.479 e. The van der Waals surface area contributed by atoms with E-state index in [1.165, 1.54) is 16.3 Å². The molecule has 2 nitrogen and oxygen atoms in total. The van der Waals surface area contributed by atoms with Gasteiger partial charge in [0.1, 0.15) is 11.2 Å². The Labute approximate surface area is 137 Å². The molecular formula is C21H22O2. The number of ether oxygens (including phenoxy) is 2. The quantitative estimate of drug-likeness (QED) is 0.501. The van der Waals surface area contributed by atoms with Gasteiger partial charge in [0.25, 0.3) is 0 Å². The molecule has 1 aliphatic rings. The Morgan fingerprint density at radius 3 is 1.78 bits per heavy atom. The Bertz CT molecular complexity index is 935. The lowest BCUT2D eigenvalue weighted by Crippen LogP contribution is -2.56. The number of rotatable bonds is 0. The summed E-state index contributed by atoms with van der Waals surface area (Å²) in [5.74, 6) is 1.73. The molecule has 1 heterocycles. The van der Waals surface area contributed by atoms with Gasteiger partial charge in [-0.15, -0.1) is 0 Å². The molecule has 0 unspecified atom stereocenters. The summed E-state index contributed by atoms with van der Waals surface area (Å²) in [6.45, 7) is 10.5. The molecule has 0 saturated heterocycles. The molecule has 0 N–H and O–H groups in total. The van der Waals surface area contributed by atoms with Gasteiger partial charge >= 0.3 is 0 Å². The minimum absolute atomic E-state index is 0.402. The van der Waals surface area contributed by atoms with Gasteiger partial charge in [0, 0.05) is 10.8 Å². The van der Waals surface area contributed by atoms with Crippen LogP contribution in [0.3, 0.4) is 0 Å². The molecule has 0 saturated carbocycles. The van der Waals surface area contributed by atoms with E-state index in [4.69, 9.17) is 9.47 Å². The number of aryl methyl sites for hydroxylation is 1. The van der Waals surface area contributed by atoms with Gasteiger partial charge in [-0.1, -0.05) is 48.0 Å². The van der Waals surface area contributed by atoms with Crippen molar-refractivity contribution in [3.8, 4) is 11.5 Å². The first-order valence-corrected chi connectivity index (χ1v) is 8.13. The summed E-state index contributed by atoms with van der Waals surface area (Å²) < 4.78 is 12.9. The molecule has 118 valence electrons. The van der Waals surface area contributed by atoms with Crippen LogP contribution in [0.15, 0.2) is 42.5 Å². The second-order valence-corrected chi connectivity index (χ2v) is 7.48. The van der Waals surface area contributed by atoms with Crippen LogP contribution in [0, 0.1) is 6.92 Å². The van der Waals surface area contributed by atoms with Gasteiger partial charge in [0.2, 0.25) is 0 Å². The van der Waals surface area contributed by atoms with Crippen molar-refractivity contribution in [1.29, 1.82) is 0 Å². The summed E-state index contributed by atoms with van der Waals surface area (Å²) >= 11 is 0. The zero-order valence-corrected chi connectivity index (χ0v) is 14.4. The molecule has 23 heavy (non-hydrogen) atoms. The summed E-state index contributed by atoms with van der Waals surface area (Å²) in [5, 5.41) is 4.67. The molecule has 0 aromatic heterocycles. The molecule has 0 aliphatic carbocycles. The van der Waals surface area contributed by atoms with Crippen LogP contribution in [0.4, 0.5) is 0 Å². The largest absolute Gasteiger partial charge is 0.479 e. The van der Waals surface area contributed by atoms with Gasteiger partial charge in [-0.05, 0) is 45.4 Å². The highest BCUT2D eigenvalue weighted by Crippen LogP contribution is 2.51. The van der Waals surface area contributed by atoms with E-state index < -0.39 is 11.2 Å². The highest BCUT2D eigenvalue weighted by Gasteiger charge is 2.46. The fourth-order valence-electron chi connectivity index (χ4n) is 3.20. The van der Waals surface area contributed by atoms with Crippen LogP contribution in [0.5, 0.6) is 11.5 Å². The second-order valence-electron chi connectivity index (χ2n) is 7.48. The van der Waals surface area contributed by atoms with Crippen molar-refractivity contribution >= 4 is 21.5 Å². The first-order valence-electron chi connectivity index (χ1n) is 8.13. The number of fused-ring (bicyclic) bond motifs is 6. The van der Waals surface area contributed by atoms with Crippen LogP contribution in [0.25, 0.3) is 21.5 Å². The number of hydrogen-bond acceptors (Lipinski definition) is 2. The van der Waals surface area contributed by atoms with Crippen LogP contribution < -0.4 is 9.47 Å². The Hall–Kier alpha value is -2.22.